The standard InChI is InChI=1S/C67H45NOSSi/c1-4-20-46(21-5-1)47-38-40-48(41-39-47)49-42-44-50(45-43-49)68(58-31-19-34-61-65(58)53-26-10-14-33-60(53)69-61)59-32-18-30-57-66(59)71(51-22-6-2-7-23-51,52-24-8-3-9-25-52)64-37-17-13-29-56(64)67(57)54-27-11-15-35-62(54)70-63-36-16-12-28-55(63)67/h1-45H. The van der Waals surface area contributed by atoms with Crippen LogP contribution in [0.1, 0.15) is 22.3 Å². The van der Waals surface area contributed by atoms with Gasteiger partial charge in [0.15, 0.2) is 8.07 Å². The Bertz CT molecular complexity index is 3880. The zero-order valence-corrected chi connectivity index (χ0v) is 40.6. The van der Waals surface area contributed by atoms with E-state index in [-0.39, 0.29) is 0 Å². The molecule has 0 atom stereocenters. The van der Waals surface area contributed by atoms with Crippen molar-refractivity contribution in [3.05, 3.63) is 295 Å². The Balaban J connectivity index is 1.12. The molecular formula is C67H45NOSSi. The summed E-state index contributed by atoms with van der Waals surface area (Å²) in [6, 6.07) is 102. The van der Waals surface area contributed by atoms with Crippen LogP contribution in [0.3, 0.4) is 0 Å². The van der Waals surface area contributed by atoms with Crippen LogP contribution in [0, 0.1) is 0 Å². The van der Waals surface area contributed by atoms with Crippen LogP contribution in [-0.2, 0) is 5.41 Å². The van der Waals surface area contributed by atoms with Crippen LogP contribution < -0.4 is 25.6 Å². The van der Waals surface area contributed by atoms with Gasteiger partial charge in [-0.1, -0.05) is 236 Å². The lowest BCUT2D eigenvalue weighted by Gasteiger charge is -2.52. The number of anilines is 3. The van der Waals surface area contributed by atoms with Gasteiger partial charge in [0.05, 0.1) is 16.5 Å². The van der Waals surface area contributed by atoms with E-state index >= 15 is 0 Å². The summed E-state index contributed by atoms with van der Waals surface area (Å²) in [7, 11) is -3.28. The second kappa shape index (κ2) is 16.6. The fraction of sp³-hybridized carbons (Fsp3) is 0.0149. The van der Waals surface area contributed by atoms with Crippen molar-refractivity contribution in [3.8, 4) is 22.3 Å². The van der Waals surface area contributed by atoms with Gasteiger partial charge in [0.1, 0.15) is 11.2 Å². The first-order chi connectivity index (χ1) is 35.2. The molecule has 14 rings (SSSR count). The molecule has 0 N–H and O–H groups in total. The Morgan fingerprint density at radius 2 is 0.817 bits per heavy atom. The summed E-state index contributed by atoms with van der Waals surface area (Å²) in [6.45, 7) is 0. The first kappa shape index (κ1) is 41.5. The molecule has 334 valence electrons. The lowest BCUT2D eigenvalue weighted by molar-refractivity contribution is 0.669. The second-order valence-electron chi connectivity index (χ2n) is 18.6. The van der Waals surface area contributed by atoms with Crippen LogP contribution in [0.2, 0.25) is 0 Å². The number of fused-ring (bicyclic) bond motifs is 11. The third-order valence-corrected chi connectivity index (χ3v) is 21.2. The molecule has 12 aromatic rings. The molecule has 0 aliphatic carbocycles. The summed E-state index contributed by atoms with van der Waals surface area (Å²) < 4.78 is 6.72. The monoisotopic (exact) mass is 939 g/mol. The molecule has 4 heteroatoms. The topological polar surface area (TPSA) is 16.4 Å². The summed E-state index contributed by atoms with van der Waals surface area (Å²) in [6.07, 6.45) is 0. The molecule has 2 aliphatic rings. The largest absolute Gasteiger partial charge is 0.456 e. The van der Waals surface area contributed by atoms with Crippen molar-refractivity contribution >= 4 is 79.6 Å². The number of para-hydroxylation sites is 1. The van der Waals surface area contributed by atoms with E-state index in [0.29, 0.717) is 0 Å². The van der Waals surface area contributed by atoms with Crippen molar-refractivity contribution in [2.75, 3.05) is 4.90 Å². The molecule has 0 amide bonds. The van der Waals surface area contributed by atoms with Gasteiger partial charge in [-0.05, 0) is 114 Å². The van der Waals surface area contributed by atoms with Gasteiger partial charge in [0.25, 0.3) is 0 Å². The highest BCUT2D eigenvalue weighted by Gasteiger charge is 2.58. The minimum atomic E-state index is -3.28. The molecule has 0 unspecified atom stereocenters. The van der Waals surface area contributed by atoms with Gasteiger partial charge >= 0.3 is 0 Å². The number of hydrogen-bond donors (Lipinski definition) is 0. The van der Waals surface area contributed by atoms with Crippen LogP contribution in [0.25, 0.3) is 44.2 Å². The minimum Gasteiger partial charge on any atom is -0.456 e. The van der Waals surface area contributed by atoms with E-state index in [2.05, 4.69) is 278 Å². The first-order valence-electron chi connectivity index (χ1n) is 24.4. The fourth-order valence-electron chi connectivity index (χ4n) is 12.2. The Morgan fingerprint density at radius 3 is 1.46 bits per heavy atom. The first-order valence-corrected chi connectivity index (χ1v) is 27.2. The van der Waals surface area contributed by atoms with Gasteiger partial charge < -0.3 is 9.32 Å². The summed E-state index contributed by atoms with van der Waals surface area (Å²) >= 11 is 1.89. The van der Waals surface area contributed by atoms with Crippen LogP contribution in [0.15, 0.2) is 287 Å². The third-order valence-electron chi connectivity index (χ3n) is 15.1. The van der Waals surface area contributed by atoms with Crippen LogP contribution in [0.5, 0.6) is 0 Å². The number of rotatable bonds is 7. The van der Waals surface area contributed by atoms with Gasteiger partial charge in [-0.2, -0.15) is 0 Å². The molecule has 3 heterocycles. The zero-order chi connectivity index (χ0) is 46.9. The molecule has 2 nitrogen and oxygen atoms in total. The van der Waals surface area contributed by atoms with Crippen molar-refractivity contribution in [2.24, 2.45) is 0 Å². The molecule has 0 fully saturated rings. The van der Waals surface area contributed by atoms with Crippen LogP contribution in [0.4, 0.5) is 17.1 Å². The van der Waals surface area contributed by atoms with Crippen LogP contribution >= 0.6 is 11.8 Å². The number of benzene rings is 11. The second-order valence-corrected chi connectivity index (χ2v) is 23.4. The SMILES string of the molecule is c1ccc(-c2ccc(-c3ccc(N(c4cccc5c4[Si](c4ccccc4)(c4ccccc4)c4ccccc4C54c5ccccc5Sc5ccccc54)c4cccc5oc6ccccc6c45)cc3)cc2)cc1. The molecular weight excluding hydrogens is 895 g/mol. The number of hydrogen-bond acceptors (Lipinski definition) is 3. The van der Waals surface area contributed by atoms with E-state index < -0.39 is 13.5 Å². The zero-order valence-electron chi connectivity index (χ0n) is 38.7. The Labute approximate surface area is 419 Å². The summed E-state index contributed by atoms with van der Waals surface area (Å²) in [4.78, 5) is 5.13. The average molecular weight is 940 g/mol. The molecule has 0 radical (unpaired) electrons. The highest BCUT2D eigenvalue weighted by atomic mass is 32.2. The lowest BCUT2D eigenvalue weighted by Crippen LogP contribution is -2.79. The van der Waals surface area contributed by atoms with Gasteiger partial charge in [-0.15, -0.1) is 0 Å². The van der Waals surface area contributed by atoms with E-state index in [0.717, 1.165) is 44.6 Å². The maximum absolute atomic E-state index is 6.72. The average Bonchev–Trinajstić information content (AvgIpc) is 3.84. The summed E-state index contributed by atoms with van der Waals surface area (Å²) in [5, 5.41) is 7.63. The molecule has 2 aliphatic heterocycles. The van der Waals surface area contributed by atoms with E-state index in [1.165, 1.54) is 69.5 Å². The fourth-order valence-corrected chi connectivity index (χ4v) is 18.9. The molecule has 0 saturated heterocycles. The van der Waals surface area contributed by atoms with Crippen molar-refractivity contribution < 1.29 is 4.42 Å². The lowest BCUT2D eigenvalue weighted by atomic mass is 9.64. The van der Waals surface area contributed by atoms with Crippen molar-refractivity contribution in [1.29, 1.82) is 0 Å². The van der Waals surface area contributed by atoms with E-state index in [4.69, 9.17) is 4.42 Å². The Morgan fingerprint density at radius 1 is 0.352 bits per heavy atom. The maximum atomic E-state index is 6.72. The van der Waals surface area contributed by atoms with E-state index in [1.54, 1.807) is 0 Å². The van der Waals surface area contributed by atoms with Crippen molar-refractivity contribution in [3.63, 3.8) is 0 Å². The summed E-state index contributed by atoms with van der Waals surface area (Å²) in [5.41, 5.74) is 14.4. The Hall–Kier alpha value is -8.41. The smallest absolute Gasteiger partial charge is 0.182 e. The third kappa shape index (κ3) is 6.21. The maximum Gasteiger partial charge on any atom is 0.182 e. The molecule has 11 aromatic carbocycles. The van der Waals surface area contributed by atoms with Gasteiger partial charge in [0.2, 0.25) is 0 Å². The van der Waals surface area contributed by atoms with Gasteiger partial charge in [-0.3, -0.25) is 0 Å². The van der Waals surface area contributed by atoms with E-state index in [1.807, 2.05) is 11.8 Å². The van der Waals surface area contributed by atoms with Gasteiger partial charge in [0, 0.05) is 26.6 Å². The highest BCUT2D eigenvalue weighted by molar-refractivity contribution is 7.99. The molecule has 71 heavy (non-hydrogen) atoms. The van der Waals surface area contributed by atoms with Crippen LogP contribution in [-0.4, -0.2) is 8.07 Å². The van der Waals surface area contributed by atoms with E-state index in [9.17, 15) is 0 Å². The van der Waals surface area contributed by atoms with Crippen molar-refractivity contribution in [2.45, 2.75) is 15.2 Å². The number of furan rings is 1. The molecule has 1 spiro atoms. The summed E-state index contributed by atoms with van der Waals surface area (Å²) in [5.74, 6) is 0. The quantitative estimate of drug-likeness (QED) is 0.148. The Kier molecular flexibility index (Phi) is 9.73. The molecule has 0 saturated carbocycles. The molecule has 0 bridgehead atoms. The highest BCUT2D eigenvalue weighted by Crippen LogP contribution is 2.57. The minimum absolute atomic E-state index is 0.643. The van der Waals surface area contributed by atoms with Gasteiger partial charge in [-0.25, -0.2) is 0 Å². The predicted octanol–water partition coefficient (Wildman–Crippen LogP) is 14.9. The predicted molar refractivity (Wildman–Crippen MR) is 299 cm³/mol. The normalized spacial score (nSPS) is 13.8. The van der Waals surface area contributed by atoms with Crippen molar-refractivity contribution in [1.82, 2.24) is 0 Å². The number of nitrogens with zero attached hydrogens (tertiary/aromatic N) is 1. The molecule has 1 aromatic heterocycles.